The third-order valence-corrected chi connectivity index (χ3v) is 3.16. The minimum absolute atomic E-state index is 0.101. The maximum Gasteiger partial charge on any atom is 0.0611 e. The summed E-state index contributed by atoms with van der Waals surface area (Å²) in [6.07, 6.45) is 4.05. The summed E-state index contributed by atoms with van der Waals surface area (Å²) in [4.78, 5) is 2.44. The standard InChI is InChI=1S/C12H28N2O/c1-4-9-14(6-3)10-7-8-12(13,5-2)11-15/h15H,4-11,13H2,1-3H3. The maximum atomic E-state index is 9.17. The lowest BCUT2D eigenvalue weighted by atomic mass is 9.92. The third kappa shape index (κ3) is 6.13. The van der Waals surface area contributed by atoms with E-state index in [1.54, 1.807) is 0 Å². The van der Waals surface area contributed by atoms with E-state index in [4.69, 9.17) is 5.73 Å². The molecule has 3 nitrogen and oxygen atoms in total. The Hall–Kier alpha value is -0.120. The molecule has 15 heavy (non-hydrogen) atoms. The molecular weight excluding hydrogens is 188 g/mol. The highest BCUT2D eigenvalue weighted by molar-refractivity contribution is 4.81. The molecule has 0 rings (SSSR count). The molecule has 0 bridgehead atoms. The van der Waals surface area contributed by atoms with Gasteiger partial charge in [0.05, 0.1) is 6.61 Å². The van der Waals surface area contributed by atoms with Crippen LogP contribution in [0.15, 0.2) is 0 Å². The second-order valence-electron chi connectivity index (χ2n) is 4.41. The molecule has 0 spiro atoms. The van der Waals surface area contributed by atoms with E-state index >= 15 is 0 Å². The van der Waals surface area contributed by atoms with Crippen molar-refractivity contribution in [1.82, 2.24) is 4.90 Å². The summed E-state index contributed by atoms with van der Waals surface area (Å²) >= 11 is 0. The first-order chi connectivity index (χ1) is 7.11. The van der Waals surface area contributed by atoms with Crippen LogP contribution in [-0.2, 0) is 0 Å². The minimum atomic E-state index is -0.356. The Balaban J connectivity index is 3.75. The van der Waals surface area contributed by atoms with Crippen LogP contribution in [0.1, 0.15) is 46.5 Å². The second-order valence-corrected chi connectivity index (χ2v) is 4.41. The van der Waals surface area contributed by atoms with Crippen molar-refractivity contribution in [1.29, 1.82) is 0 Å². The summed E-state index contributed by atoms with van der Waals surface area (Å²) in [5, 5.41) is 9.17. The molecule has 0 aromatic heterocycles. The van der Waals surface area contributed by atoms with Crippen LogP contribution in [0, 0.1) is 0 Å². The molecule has 0 amide bonds. The molecule has 0 radical (unpaired) electrons. The SMILES string of the molecule is CCCN(CC)CCCC(N)(CC)CO. The van der Waals surface area contributed by atoms with E-state index in [1.165, 1.54) is 13.0 Å². The summed E-state index contributed by atoms with van der Waals surface area (Å²) < 4.78 is 0. The van der Waals surface area contributed by atoms with Gasteiger partial charge >= 0.3 is 0 Å². The average Bonchev–Trinajstić information content (AvgIpc) is 2.27. The first-order valence-electron chi connectivity index (χ1n) is 6.24. The average molecular weight is 216 g/mol. The molecule has 3 N–H and O–H groups in total. The predicted octanol–water partition coefficient (Wildman–Crippen LogP) is 1.60. The number of hydrogen-bond donors (Lipinski definition) is 2. The van der Waals surface area contributed by atoms with Crippen LogP contribution in [0.5, 0.6) is 0 Å². The third-order valence-electron chi connectivity index (χ3n) is 3.16. The molecule has 1 unspecified atom stereocenters. The Labute approximate surface area is 94.6 Å². The Bertz CT molecular complexity index is 147. The summed E-state index contributed by atoms with van der Waals surface area (Å²) in [7, 11) is 0. The van der Waals surface area contributed by atoms with Gasteiger partial charge in [0.2, 0.25) is 0 Å². The van der Waals surface area contributed by atoms with Crippen LogP contribution >= 0.6 is 0 Å². The van der Waals surface area contributed by atoms with Gasteiger partial charge in [0.1, 0.15) is 0 Å². The number of rotatable bonds is 9. The second kappa shape index (κ2) is 8.08. The van der Waals surface area contributed by atoms with Crippen molar-refractivity contribution in [3.63, 3.8) is 0 Å². The fourth-order valence-electron chi connectivity index (χ4n) is 1.77. The number of aliphatic hydroxyl groups is 1. The van der Waals surface area contributed by atoms with E-state index in [1.807, 2.05) is 6.92 Å². The molecular formula is C12H28N2O. The van der Waals surface area contributed by atoms with Crippen LogP contribution in [-0.4, -0.2) is 41.8 Å². The molecule has 0 aromatic carbocycles. The Morgan fingerprint density at radius 2 is 1.87 bits per heavy atom. The smallest absolute Gasteiger partial charge is 0.0611 e. The van der Waals surface area contributed by atoms with Gasteiger partial charge in [0, 0.05) is 5.54 Å². The zero-order chi connectivity index (χ0) is 11.7. The van der Waals surface area contributed by atoms with Crippen molar-refractivity contribution in [3.8, 4) is 0 Å². The van der Waals surface area contributed by atoms with Gasteiger partial charge in [-0.25, -0.2) is 0 Å². The number of hydrogen-bond acceptors (Lipinski definition) is 3. The van der Waals surface area contributed by atoms with Crippen LogP contribution in [0.3, 0.4) is 0 Å². The fraction of sp³-hybridized carbons (Fsp3) is 1.00. The normalized spacial score (nSPS) is 15.6. The lowest BCUT2D eigenvalue weighted by Crippen LogP contribution is -2.43. The molecule has 0 aliphatic heterocycles. The van der Waals surface area contributed by atoms with E-state index in [0.717, 1.165) is 32.4 Å². The topological polar surface area (TPSA) is 49.5 Å². The quantitative estimate of drug-likeness (QED) is 0.615. The highest BCUT2D eigenvalue weighted by Crippen LogP contribution is 2.13. The fourth-order valence-corrected chi connectivity index (χ4v) is 1.77. The highest BCUT2D eigenvalue weighted by Gasteiger charge is 2.20. The van der Waals surface area contributed by atoms with E-state index in [-0.39, 0.29) is 12.1 Å². The first kappa shape index (κ1) is 14.9. The summed E-state index contributed by atoms with van der Waals surface area (Å²) in [5.41, 5.74) is 5.67. The van der Waals surface area contributed by atoms with Crippen LogP contribution in [0.2, 0.25) is 0 Å². The van der Waals surface area contributed by atoms with Gasteiger partial charge in [-0.1, -0.05) is 20.8 Å². The molecule has 0 fully saturated rings. The van der Waals surface area contributed by atoms with Crippen LogP contribution in [0.4, 0.5) is 0 Å². The van der Waals surface area contributed by atoms with Crippen molar-refractivity contribution in [2.75, 3.05) is 26.2 Å². The Morgan fingerprint density at radius 3 is 2.27 bits per heavy atom. The lowest BCUT2D eigenvalue weighted by molar-refractivity contribution is 0.172. The summed E-state index contributed by atoms with van der Waals surface area (Å²) in [6, 6.07) is 0. The van der Waals surface area contributed by atoms with Crippen molar-refractivity contribution in [2.24, 2.45) is 5.73 Å². The van der Waals surface area contributed by atoms with Gasteiger partial charge < -0.3 is 15.7 Å². The summed E-state index contributed by atoms with van der Waals surface area (Å²) in [5.74, 6) is 0. The van der Waals surface area contributed by atoms with Crippen molar-refractivity contribution < 1.29 is 5.11 Å². The summed E-state index contributed by atoms with van der Waals surface area (Å²) in [6.45, 7) is 9.91. The van der Waals surface area contributed by atoms with Crippen LogP contribution in [0.25, 0.3) is 0 Å². The highest BCUT2D eigenvalue weighted by atomic mass is 16.3. The van der Waals surface area contributed by atoms with Gasteiger partial charge in [0.15, 0.2) is 0 Å². The number of aliphatic hydroxyl groups excluding tert-OH is 1. The minimum Gasteiger partial charge on any atom is -0.394 e. The molecule has 0 aromatic rings. The maximum absolute atomic E-state index is 9.17. The predicted molar refractivity (Wildman–Crippen MR) is 65.9 cm³/mol. The van der Waals surface area contributed by atoms with Gasteiger partial charge in [-0.2, -0.15) is 0 Å². The largest absolute Gasteiger partial charge is 0.394 e. The molecule has 92 valence electrons. The number of nitrogens with two attached hydrogens (primary N) is 1. The Kier molecular flexibility index (Phi) is 8.02. The molecule has 0 saturated carbocycles. The van der Waals surface area contributed by atoms with E-state index < -0.39 is 0 Å². The molecule has 1 atom stereocenters. The zero-order valence-corrected chi connectivity index (χ0v) is 10.6. The molecule has 0 aliphatic carbocycles. The van der Waals surface area contributed by atoms with Crippen molar-refractivity contribution in [3.05, 3.63) is 0 Å². The monoisotopic (exact) mass is 216 g/mol. The van der Waals surface area contributed by atoms with E-state index in [2.05, 4.69) is 18.7 Å². The van der Waals surface area contributed by atoms with Gasteiger partial charge in [0.25, 0.3) is 0 Å². The van der Waals surface area contributed by atoms with Crippen molar-refractivity contribution in [2.45, 2.75) is 52.0 Å². The Morgan fingerprint density at radius 1 is 1.20 bits per heavy atom. The van der Waals surface area contributed by atoms with Gasteiger partial charge in [-0.3, -0.25) is 0 Å². The molecule has 0 saturated heterocycles. The first-order valence-corrected chi connectivity index (χ1v) is 6.24. The lowest BCUT2D eigenvalue weighted by Gasteiger charge is -2.27. The van der Waals surface area contributed by atoms with E-state index in [9.17, 15) is 5.11 Å². The van der Waals surface area contributed by atoms with Crippen molar-refractivity contribution >= 4 is 0 Å². The van der Waals surface area contributed by atoms with Gasteiger partial charge in [-0.15, -0.1) is 0 Å². The van der Waals surface area contributed by atoms with Crippen LogP contribution < -0.4 is 5.73 Å². The van der Waals surface area contributed by atoms with E-state index in [0.29, 0.717) is 0 Å². The molecule has 3 heteroatoms. The molecule has 0 heterocycles. The molecule has 0 aliphatic rings. The zero-order valence-electron chi connectivity index (χ0n) is 10.6. The van der Waals surface area contributed by atoms with Gasteiger partial charge in [-0.05, 0) is 45.3 Å². The number of nitrogens with zero attached hydrogens (tertiary/aromatic N) is 1.